The zero-order chi connectivity index (χ0) is 13.8. The zero-order valence-electron chi connectivity index (χ0n) is 11.5. The van der Waals surface area contributed by atoms with E-state index >= 15 is 0 Å². The number of carbonyl (C=O) groups is 1. The highest BCUT2D eigenvalue weighted by atomic mass is 16.1. The van der Waals surface area contributed by atoms with Gasteiger partial charge in [-0.25, -0.2) is 0 Å². The Balaban J connectivity index is 1.95. The van der Waals surface area contributed by atoms with Crippen molar-refractivity contribution >= 4 is 5.91 Å². The van der Waals surface area contributed by atoms with E-state index in [0.29, 0.717) is 17.0 Å². The van der Waals surface area contributed by atoms with Crippen LogP contribution in [0.25, 0.3) is 0 Å². The number of amides is 1. The number of rotatable bonds is 2. The Morgan fingerprint density at radius 2 is 1.89 bits per heavy atom. The third-order valence-electron chi connectivity index (χ3n) is 4.21. The predicted molar refractivity (Wildman–Crippen MR) is 74.6 cm³/mol. The van der Waals surface area contributed by atoms with Gasteiger partial charge >= 0.3 is 0 Å². The van der Waals surface area contributed by atoms with Gasteiger partial charge in [0.1, 0.15) is 0 Å². The van der Waals surface area contributed by atoms with Crippen LogP contribution in [-0.4, -0.2) is 11.9 Å². The summed E-state index contributed by atoms with van der Waals surface area (Å²) in [5.74, 6) is 1.39. The van der Waals surface area contributed by atoms with Crippen molar-refractivity contribution in [3.05, 3.63) is 35.4 Å². The number of benzene rings is 1. The molecular formula is C16H20N2O. The molecule has 0 spiro atoms. The van der Waals surface area contributed by atoms with Crippen LogP contribution in [0.3, 0.4) is 0 Å². The molecule has 1 amide bonds. The maximum Gasteiger partial charge on any atom is 0.251 e. The summed E-state index contributed by atoms with van der Waals surface area (Å²) < 4.78 is 0. The second kappa shape index (κ2) is 5.88. The minimum Gasteiger partial charge on any atom is -0.349 e. The molecule has 1 fully saturated rings. The lowest BCUT2D eigenvalue weighted by atomic mass is 9.79. The van der Waals surface area contributed by atoms with Gasteiger partial charge in [0.2, 0.25) is 0 Å². The molecule has 3 atom stereocenters. The molecule has 3 unspecified atom stereocenters. The fourth-order valence-electron chi connectivity index (χ4n) is 2.64. The van der Waals surface area contributed by atoms with Crippen LogP contribution in [-0.2, 0) is 0 Å². The molecule has 1 saturated carbocycles. The molecule has 0 bridgehead atoms. The molecule has 0 radical (unpaired) electrons. The summed E-state index contributed by atoms with van der Waals surface area (Å²) in [5, 5.41) is 11.8. The summed E-state index contributed by atoms with van der Waals surface area (Å²) in [4.78, 5) is 12.1. The van der Waals surface area contributed by atoms with Gasteiger partial charge in [-0.1, -0.05) is 13.8 Å². The minimum atomic E-state index is -0.0313. The molecule has 100 valence electrons. The van der Waals surface area contributed by atoms with Gasteiger partial charge in [0.05, 0.1) is 11.6 Å². The lowest BCUT2D eigenvalue weighted by Crippen LogP contribution is -2.39. The molecule has 1 aliphatic carbocycles. The van der Waals surface area contributed by atoms with Crippen molar-refractivity contribution in [2.45, 2.75) is 39.2 Å². The fourth-order valence-corrected chi connectivity index (χ4v) is 2.64. The van der Waals surface area contributed by atoms with Gasteiger partial charge in [0.25, 0.3) is 5.91 Å². The Bertz CT molecular complexity index is 486. The number of hydrogen-bond donors (Lipinski definition) is 1. The first-order chi connectivity index (χ1) is 9.10. The van der Waals surface area contributed by atoms with E-state index in [1.165, 1.54) is 6.42 Å². The molecule has 0 aromatic heterocycles. The summed E-state index contributed by atoms with van der Waals surface area (Å²) in [6, 6.07) is 9.12. The van der Waals surface area contributed by atoms with Crippen molar-refractivity contribution in [2.24, 2.45) is 11.8 Å². The van der Waals surface area contributed by atoms with Gasteiger partial charge in [-0.05, 0) is 55.4 Å². The molecule has 1 aromatic carbocycles. The van der Waals surface area contributed by atoms with E-state index in [1.54, 1.807) is 24.3 Å². The van der Waals surface area contributed by atoms with Gasteiger partial charge in [0.15, 0.2) is 0 Å². The van der Waals surface area contributed by atoms with Crippen LogP contribution < -0.4 is 5.32 Å². The summed E-state index contributed by atoms with van der Waals surface area (Å²) >= 11 is 0. The Kier molecular flexibility index (Phi) is 4.21. The molecule has 1 aromatic rings. The minimum absolute atomic E-state index is 0.0313. The smallest absolute Gasteiger partial charge is 0.251 e. The molecule has 3 nitrogen and oxygen atoms in total. The largest absolute Gasteiger partial charge is 0.349 e. The Hall–Kier alpha value is -1.82. The Morgan fingerprint density at radius 1 is 1.21 bits per heavy atom. The van der Waals surface area contributed by atoms with Crippen LogP contribution in [0.5, 0.6) is 0 Å². The molecule has 1 aliphatic rings. The average Bonchev–Trinajstić information content (AvgIpc) is 2.43. The van der Waals surface area contributed by atoms with Crippen molar-refractivity contribution in [1.29, 1.82) is 5.26 Å². The van der Waals surface area contributed by atoms with Crippen molar-refractivity contribution < 1.29 is 4.79 Å². The van der Waals surface area contributed by atoms with Crippen LogP contribution >= 0.6 is 0 Å². The number of nitriles is 1. The summed E-state index contributed by atoms with van der Waals surface area (Å²) in [5.41, 5.74) is 1.21. The normalized spacial score (nSPS) is 26.5. The third-order valence-corrected chi connectivity index (χ3v) is 4.21. The van der Waals surface area contributed by atoms with Crippen LogP contribution in [0.1, 0.15) is 49.0 Å². The average molecular weight is 256 g/mol. The molecule has 19 heavy (non-hydrogen) atoms. The van der Waals surface area contributed by atoms with Crippen LogP contribution in [0.2, 0.25) is 0 Å². The third kappa shape index (κ3) is 3.35. The van der Waals surface area contributed by atoms with Gasteiger partial charge in [-0.2, -0.15) is 5.26 Å². The maximum absolute atomic E-state index is 12.1. The number of nitrogens with one attached hydrogen (secondary N) is 1. The second-order valence-electron chi connectivity index (χ2n) is 5.63. The maximum atomic E-state index is 12.1. The lowest BCUT2D eigenvalue weighted by Gasteiger charge is -2.32. The molecule has 0 saturated heterocycles. The molecule has 0 aliphatic heterocycles. The van der Waals surface area contributed by atoms with E-state index in [2.05, 4.69) is 25.2 Å². The van der Waals surface area contributed by atoms with Gasteiger partial charge in [-0.15, -0.1) is 0 Å². The van der Waals surface area contributed by atoms with E-state index in [0.717, 1.165) is 18.8 Å². The van der Waals surface area contributed by atoms with Crippen molar-refractivity contribution in [3.8, 4) is 6.07 Å². The Morgan fingerprint density at radius 3 is 2.47 bits per heavy atom. The standard InChI is InChI=1S/C16H20N2O/c1-11-3-8-15(9-12(11)2)18-16(19)14-6-4-13(10-17)5-7-14/h4-7,11-12,15H,3,8-9H2,1-2H3,(H,18,19). The molecule has 1 N–H and O–H groups in total. The van der Waals surface area contributed by atoms with Crippen molar-refractivity contribution in [3.63, 3.8) is 0 Å². The van der Waals surface area contributed by atoms with E-state index in [1.807, 2.05) is 0 Å². The first-order valence-corrected chi connectivity index (χ1v) is 6.91. The van der Waals surface area contributed by atoms with E-state index in [9.17, 15) is 4.79 Å². The van der Waals surface area contributed by atoms with Crippen LogP contribution in [0, 0.1) is 23.2 Å². The van der Waals surface area contributed by atoms with Crippen LogP contribution in [0.15, 0.2) is 24.3 Å². The Labute approximate surface area is 114 Å². The SMILES string of the molecule is CC1CCC(NC(=O)c2ccc(C#N)cc2)CC1C. The first kappa shape index (κ1) is 13.6. The van der Waals surface area contributed by atoms with Crippen molar-refractivity contribution in [1.82, 2.24) is 5.32 Å². The van der Waals surface area contributed by atoms with E-state index in [4.69, 9.17) is 5.26 Å². The summed E-state index contributed by atoms with van der Waals surface area (Å²) in [7, 11) is 0. The quantitative estimate of drug-likeness (QED) is 0.884. The van der Waals surface area contributed by atoms with Crippen LogP contribution in [0.4, 0.5) is 0 Å². The zero-order valence-corrected chi connectivity index (χ0v) is 11.5. The highest BCUT2D eigenvalue weighted by Gasteiger charge is 2.25. The lowest BCUT2D eigenvalue weighted by molar-refractivity contribution is 0.0910. The van der Waals surface area contributed by atoms with E-state index in [-0.39, 0.29) is 11.9 Å². The van der Waals surface area contributed by atoms with E-state index < -0.39 is 0 Å². The van der Waals surface area contributed by atoms with Gasteiger partial charge < -0.3 is 5.32 Å². The topological polar surface area (TPSA) is 52.9 Å². The summed E-state index contributed by atoms with van der Waals surface area (Å²) in [6.07, 6.45) is 3.30. The molecule has 0 heterocycles. The molecule has 2 rings (SSSR count). The fraction of sp³-hybridized carbons (Fsp3) is 0.500. The highest BCUT2D eigenvalue weighted by Crippen LogP contribution is 2.29. The number of nitrogens with zero attached hydrogens (tertiary/aromatic N) is 1. The van der Waals surface area contributed by atoms with Gasteiger partial charge in [-0.3, -0.25) is 4.79 Å². The first-order valence-electron chi connectivity index (χ1n) is 6.91. The second-order valence-corrected chi connectivity index (χ2v) is 5.63. The number of carbonyl (C=O) groups excluding carboxylic acids is 1. The predicted octanol–water partition coefficient (Wildman–Crippen LogP) is 3.11. The van der Waals surface area contributed by atoms with Gasteiger partial charge in [0, 0.05) is 11.6 Å². The highest BCUT2D eigenvalue weighted by molar-refractivity contribution is 5.94. The van der Waals surface area contributed by atoms with Crippen molar-refractivity contribution in [2.75, 3.05) is 0 Å². The molecule has 3 heteroatoms. The molecular weight excluding hydrogens is 236 g/mol. The number of hydrogen-bond acceptors (Lipinski definition) is 2. The summed E-state index contributed by atoms with van der Waals surface area (Å²) in [6.45, 7) is 4.54. The monoisotopic (exact) mass is 256 g/mol.